The molecular weight excluding hydrogens is 383 g/mol. The van der Waals surface area contributed by atoms with Crippen LogP contribution in [0.4, 0.5) is 24.5 Å². The first kappa shape index (κ1) is 20.0. The predicted octanol–water partition coefficient (Wildman–Crippen LogP) is 4.14. The van der Waals surface area contributed by atoms with E-state index in [9.17, 15) is 28.1 Å². The zero-order valence-electron chi connectivity index (χ0n) is 13.5. The molecule has 0 aromatic heterocycles. The zero-order chi connectivity index (χ0) is 20.0. The zero-order valence-corrected chi connectivity index (χ0v) is 14.3. The molecule has 0 heterocycles. The third kappa shape index (κ3) is 6.19. The van der Waals surface area contributed by atoms with E-state index >= 15 is 0 Å². The van der Waals surface area contributed by atoms with Gasteiger partial charge in [0.1, 0.15) is 0 Å². The minimum absolute atomic E-state index is 0.0674. The molecule has 0 aliphatic rings. The maximum Gasteiger partial charge on any atom is 0.416 e. The molecule has 0 unspecified atom stereocenters. The Morgan fingerprint density at radius 2 is 1.85 bits per heavy atom. The van der Waals surface area contributed by atoms with E-state index in [4.69, 9.17) is 12.2 Å². The van der Waals surface area contributed by atoms with Crippen molar-refractivity contribution in [3.63, 3.8) is 0 Å². The molecule has 0 aliphatic carbocycles. The van der Waals surface area contributed by atoms with Crippen LogP contribution in [0.1, 0.15) is 11.1 Å². The molecule has 0 spiro atoms. The highest BCUT2D eigenvalue weighted by Crippen LogP contribution is 2.30. The van der Waals surface area contributed by atoms with Gasteiger partial charge in [-0.2, -0.15) is 13.2 Å². The summed E-state index contributed by atoms with van der Waals surface area (Å²) in [5, 5.41) is 15.3. The summed E-state index contributed by atoms with van der Waals surface area (Å²) in [6.45, 7) is 0. The number of nitrogens with one attached hydrogen (secondary N) is 2. The Morgan fingerprint density at radius 1 is 1.15 bits per heavy atom. The molecule has 1 amide bonds. The van der Waals surface area contributed by atoms with Crippen molar-refractivity contribution in [3.05, 3.63) is 75.8 Å². The summed E-state index contributed by atoms with van der Waals surface area (Å²) in [7, 11) is 0. The molecule has 0 fully saturated rings. The molecule has 0 bridgehead atoms. The van der Waals surface area contributed by atoms with Crippen molar-refractivity contribution in [1.29, 1.82) is 0 Å². The van der Waals surface area contributed by atoms with Gasteiger partial charge in [-0.3, -0.25) is 20.2 Å². The number of anilines is 1. The monoisotopic (exact) mass is 395 g/mol. The molecule has 2 aromatic carbocycles. The number of nitro benzene ring substituents is 1. The van der Waals surface area contributed by atoms with Crippen LogP contribution in [-0.4, -0.2) is 15.9 Å². The lowest BCUT2D eigenvalue weighted by atomic mass is 10.2. The molecule has 10 heteroatoms. The van der Waals surface area contributed by atoms with Crippen LogP contribution in [0.3, 0.4) is 0 Å². The van der Waals surface area contributed by atoms with Gasteiger partial charge in [0.15, 0.2) is 5.11 Å². The molecule has 0 atom stereocenters. The van der Waals surface area contributed by atoms with Gasteiger partial charge in [-0.15, -0.1) is 0 Å². The molecule has 2 rings (SSSR count). The first-order valence-corrected chi connectivity index (χ1v) is 7.78. The predicted molar refractivity (Wildman–Crippen MR) is 97.9 cm³/mol. The largest absolute Gasteiger partial charge is 0.416 e. The Bertz CT molecular complexity index is 914. The first-order chi connectivity index (χ1) is 12.6. The number of nitro groups is 1. The summed E-state index contributed by atoms with van der Waals surface area (Å²) in [5.41, 5.74) is -0.486. The normalized spacial score (nSPS) is 11.2. The maximum atomic E-state index is 12.7. The number of carbonyl (C=O) groups excluding carboxylic acids is 1. The first-order valence-electron chi connectivity index (χ1n) is 7.37. The highest BCUT2D eigenvalue weighted by molar-refractivity contribution is 7.80. The van der Waals surface area contributed by atoms with Gasteiger partial charge in [-0.25, -0.2) is 0 Å². The second-order valence-corrected chi connectivity index (χ2v) is 5.62. The average molecular weight is 395 g/mol. The number of nitrogens with zero attached hydrogens (tertiary/aromatic N) is 1. The number of alkyl halides is 3. The fourth-order valence-corrected chi connectivity index (χ4v) is 2.22. The van der Waals surface area contributed by atoms with Crippen LogP contribution in [0.5, 0.6) is 0 Å². The quantitative estimate of drug-likeness (QED) is 0.352. The van der Waals surface area contributed by atoms with Gasteiger partial charge in [0.2, 0.25) is 5.91 Å². The third-order valence-corrected chi connectivity index (χ3v) is 3.40. The van der Waals surface area contributed by atoms with Gasteiger partial charge >= 0.3 is 6.18 Å². The van der Waals surface area contributed by atoms with Crippen molar-refractivity contribution in [2.75, 3.05) is 5.32 Å². The van der Waals surface area contributed by atoms with Crippen LogP contribution in [0, 0.1) is 10.1 Å². The molecule has 0 radical (unpaired) electrons. The summed E-state index contributed by atoms with van der Waals surface area (Å²) >= 11 is 4.89. The van der Waals surface area contributed by atoms with Crippen LogP contribution in [-0.2, 0) is 11.0 Å². The fraction of sp³-hybridized carbons (Fsp3) is 0.0588. The molecule has 6 nitrogen and oxygen atoms in total. The standard InChI is InChI=1S/C17H12F3N3O3S/c18-17(19,20)12-4-2-5-13(10-12)21-16(27)22-15(24)8-7-11-3-1-6-14(9-11)23(25)26/h1-10H,(H2,21,22,24,27)/b8-7+. The van der Waals surface area contributed by atoms with E-state index in [1.165, 1.54) is 36.4 Å². The van der Waals surface area contributed by atoms with Crippen molar-refractivity contribution in [2.45, 2.75) is 6.18 Å². The van der Waals surface area contributed by atoms with Gasteiger partial charge in [0, 0.05) is 23.9 Å². The lowest BCUT2D eigenvalue weighted by Crippen LogP contribution is -2.32. The topological polar surface area (TPSA) is 84.3 Å². The number of hydrogen-bond acceptors (Lipinski definition) is 4. The summed E-state index contributed by atoms with van der Waals surface area (Å²) in [4.78, 5) is 22.0. The maximum absolute atomic E-state index is 12.7. The Balaban J connectivity index is 1.97. The molecule has 2 aromatic rings. The fourth-order valence-electron chi connectivity index (χ4n) is 2.00. The van der Waals surface area contributed by atoms with E-state index < -0.39 is 22.6 Å². The average Bonchev–Trinajstić information content (AvgIpc) is 2.59. The van der Waals surface area contributed by atoms with Gasteiger partial charge < -0.3 is 5.32 Å². The third-order valence-electron chi connectivity index (χ3n) is 3.19. The van der Waals surface area contributed by atoms with Crippen molar-refractivity contribution in [3.8, 4) is 0 Å². The van der Waals surface area contributed by atoms with E-state index in [0.717, 1.165) is 18.2 Å². The van der Waals surface area contributed by atoms with Gasteiger partial charge in [0.05, 0.1) is 10.5 Å². The van der Waals surface area contributed by atoms with Crippen LogP contribution in [0.15, 0.2) is 54.6 Å². The number of halogens is 3. The number of amides is 1. The summed E-state index contributed by atoms with van der Waals surface area (Å²) in [5.74, 6) is -0.647. The van der Waals surface area contributed by atoms with Crippen molar-refractivity contribution in [2.24, 2.45) is 0 Å². The highest BCUT2D eigenvalue weighted by Gasteiger charge is 2.30. The number of rotatable bonds is 4. The molecule has 0 aliphatic heterocycles. The van der Waals surface area contributed by atoms with E-state index in [-0.39, 0.29) is 16.5 Å². The number of carbonyl (C=O) groups is 1. The van der Waals surface area contributed by atoms with Crippen molar-refractivity contribution < 1.29 is 22.9 Å². The Labute approximate surface area is 156 Å². The Kier molecular flexibility index (Phi) is 6.24. The molecule has 140 valence electrons. The van der Waals surface area contributed by atoms with Crippen LogP contribution in [0.25, 0.3) is 6.08 Å². The molecule has 0 saturated heterocycles. The van der Waals surface area contributed by atoms with Crippen LogP contribution < -0.4 is 10.6 Å². The second-order valence-electron chi connectivity index (χ2n) is 5.21. The van der Waals surface area contributed by atoms with Crippen LogP contribution >= 0.6 is 12.2 Å². The lowest BCUT2D eigenvalue weighted by Gasteiger charge is -2.11. The second kappa shape index (κ2) is 8.41. The van der Waals surface area contributed by atoms with Crippen LogP contribution in [0.2, 0.25) is 0 Å². The summed E-state index contributed by atoms with van der Waals surface area (Å²) < 4.78 is 38.0. The molecular formula is C17H12F3N3O3S. The summed E-state index contributed by atoms with van der Waals surface area (Å²) in [6.07, 6.45) is -2.06. The minimum Gasteiger partial charge on any atom is -0.332 e. The molecule has 0 saturated carbocycles. The van der Waals surface area contributed by atoms with Crippen molar-refractivity contribution in [1.82, 2.24) is 5.32 Å². The van der Waals surface area contributed by atoms with E-state index in [1.54, 1.807) is 6.07 Å². The van der Waals surface area contributed by atoms with Gasteiger partial charge in [-0.05, 0) is 42.1 Å². The SMILES string of the molecule is O=C(/C=C/c1cccc([N+](=O)[O-])c1)NC(=S)Nc1cccc(C(F)(F)F)c1. The lowest BCUT2D eigenvalue weighted by molar-refractivity contribution is -0.384. The smallest absolute Gasteiger partial charge is 0.332 e. The number of non-ortho nitro benzene ring substituents is 1. The van der Waals surface area contributed by atoms with Gasteiger partial charge in [-0.1, -0.05) is 18.2 Å². The Hall–Kier alpha value is -3.27. The Morgan fingerprint density at radius 3 is 2.52 bits per heavy atom. The highest BCUT2D eigenvalue weighted by atomic mass is 32.1. The van der Waals surface area contributed by atoms with E-state index in [2.05, 4.69) is 10.6 Å². The van der Waals surface area contributed by atoms with E-state index in [1.807, 2.05) is 0 Å². The number of benzene rings is 2. The van der Waals surface area contributed by atoms with Crippen molar-refractivity contribution >= 4 is 40.7 Å². The minimum atomic E-state index is -4.50. The molecule has 27 heavy (non-hydrogen) atoms. The van der Waals surface area contributed by atoms with Gasteiger partial charge in [0.25, 0.3) is 5.69 Å². The number of thiocarbonyl (C=S) groups is 1. The number of hydrogen-bond donors (Lipinski definition) is 2. The van der Waals surface area contributed by atoms with E-state index in [0.29, 0.717) is 5.56 Å². The summed E-state index contributed by atoms with van der Waals surface area (Å²) in [6, 6.07) is 9.97. The molecule has 2 N–H and O–H groups in total.